The van der Waals surface area contributed by atoms with Gasteiger partial charge in [0.1, 0.15) is 0 Å². The molecule has 0 unspecified atom stereocenters. The lowest BCUT2D eigenvalue weighted by molar-refractivity contribution is 0.431. The molecule has 0 aliphatic heterocycles. The van der Waals surface area contributed by atoms with Crippen molar-refractivity contribution in [2.75, 3.05) is 0 Å². The first-order chi connectivity index (χ1) is 5.16. The molecule has 1 heterocycles. The summed E-state index contributed by atoms with van der Waals surface area (Å²) in [7, 11) is 0. The maximum absolute atomic E-state index is 10.8. The average Bonchev–Trinajstić information content (AvgIpc) is 2.01. The molecule has 0 radical (unpaired) electrons. The molecule has 1 rings (SSSR count). The van der Waals surface area contributed by atoms with Gasteiger partial charge in [-0.15, -0.1) is 0 Å². The van der Waals surface area contributed by atoms with Crippen molar-refractivity contribution in [3.8, 4) is 11.5 Å². The van der Waals surface area contributed by atoms with Gasteiger partial charge in [0.15, 0.2) is 11.5 Å². The highest BCUT2D eigenvalue weighted by Gasteiger charge is 2.06. The minimum atomic E-state index is -0.722. The maximum Gasteiger partial charge on any atom is 0.264 e. The number of aromatic nitrogens is 1. The summed E-state index contributed by atoms with van der Waals surface area (Å²) in [6.45, 7) is 1.79. The third kappa shape index (κ3) is 1.19. The fourth-order valence-electron chi connectivity index (χ4n) is 0.817. The van der Waals surface area contributed by atoms with Gasteiger partial charge in [-0.05, 0) is 6.42 Å². The van der Waals surface area contributed by atoms with Crippen molar-refractivity contribution < 1.29 is 10.2 Å². The molecule has 0 bridgehead atoms. The Balaban J connectivity index is 3.37. The van der Waals surface area contributed by atoms with Gasteiger partial charge in [-0.2, -0.15) is 0 Å². The molecule has 11 heavy (non-hydrogen) atoms. The smallest absolute Gasteiger partial charge is 0.264 e. The quantitative estimate of drug-likeness (QED) is 0.547. The Morgan fingerprint density at radius 2 is 2.18 bits per heavy atom. The van der Waals surface area contributed by atoms with Crippen LogP contribution in [0.5, 0.6) is 11.5 Å². The Labute approximate surface area is 63.1 Å². The summed E-state index contributed by atoms with van der Waals surface area (Å²) >= 11 is 0. The third-order valence-corrected chi connectivity index (χ3v) is 1.47. The van der Waals surface area contributed by atoms with Gasteiger partial charge in [0.25, 0.3) is 5.43 Å². The summed E-state index contributed by atoms with van der Waals surface area (Å²) in [5, 5.41) is 17.9. The molecule has 0 aliphatic rings. The van der Waals surface area contributed by atoms with Crippen molar-refractivity contribution in [3.05, 3.63) is 22.1 Å². The predicted octanol–water partition coefficient (Wildman–Crippen LogP) is 0.348. The number of aromatic amines is 1. The van der Waals surface area contributed by atoms with E-state index < -0.39 is 16.9 Å². The van der Waals surface area contributed by atoms with Crippen molar-refractivity contribution in [2.45, 2.75) is 13.3 Å². The van der Waals surface area contributed by atoms with E-state index in [1.807, 2.05) is 0 Å². The number of hydrogen-bond donors (Lipinski definition) is 3. The largest absolute Gasteiger partial charge is 0.503 e. The lowest BCUT2D eigenvalue weighted by atomic mass is 10.2. The molecule has 60 valence electrons. The third-order valence-electron chi connectivity index (χ3n) is 1.47. The number of nitrogens with one attached hydrogen (secondary N) is 1. The van der Waals surface area contributed by atoms with E-state index >= 15 is 0 Å². The fraction of sp³-hybridized carbons (Fsp3) is 0.286. The van der Waals surface area contributed by atoms with Crippen LogP contribution < -0.4 is 5.43 Å². The van der Waals surface area contributed by atoms with Crippen LogP contribution in [-0.4, -0.2) is 15.2 Å². The van der Waals surface area contributed by atoms with Crippen LogP contribution in [0.4, 0.5) is 0 Å². The van der Waals surface area contributed by atoms with E-state index in [0.717, 1.165) is 0 Å². The molecule has 0 saturated carbocycles. The molecule has 1 aromatic rings. The zero-order valence-corrected chi connectivity index (χ0v) is 6.09. The molecule has 4 heteroatoms. The van der Waals surface area contributed by atoms with Crippen LogP contribution in [0.2, 0.25) is 0 Å². The summed E-state index contributed by atoms with van der Waals surface area (Å²) in [4.78, 5) is 13.4. The number of pyridine rings is 1. The standard InChI is InChI=1S/C7H9NO3/c1-2-4-6(10)7(11)5(9)3-8-4/h3,9-10H,2H2,1H3,(H,8,11). The van der Waals surface area contributed by atoms with Crippen molar-refractivity contribution in [1.82, 2.24) is 4.98 Å². The molecule has 0 aliphatic carbocycles. The minimum absolute atomic E-state index is 0.396. The van der Waals surface area contributed by atoms with E-state index in [0.29, 0.717) is 12.1 Å². The second kappa shape index (κ2) is 2.65. The lowest BCUT2D eigenvalue weighted by Gasteiger charge is -1.99. The van der Waals surface area contributed by atoms with Gasteiger partial charge in [-0.3, -0.25) is 4.79 Å². The molecular weight excluding hydrogens is 146 g/mol. The van der Waals surface area contributed by atoms with Gasteiger partial charge < -0.3 is 15.2 Å². The van der Waals surface area contributed by atoms with Crippen LogP contribution in [0, 0.1) is 0 Å². The van der Waals surface area contributed by atoms with Crippen LogP contribution in [0.15, 0.2) is 11.0 Å². The zero-order chi connectivity index (χ0) is 8.43. The second-order valence-electron chi connectivity index (χ2n) is 2.18. The topological polar surface area (TPSA) is 73.3 Å². The average molecular weight is 155 g/mol. The molecule has 0 amide bonds. The number of aromatic hydroxyl groups is 2. The molecule has 0 fully saturated rings. The van der Waals surface area contributed by atoms with Crippen molar-refractivity contribution in [2.24, 2.45) is 0 Å². The van der Waals surface area contributed by atoms with Gasteiger partial charge in [0.2, 0.25) is 0 Å². The van der Waals surface area contributed by atoms with E-state index in [-0.39, 0.29) is 0 Å². The van der Waals surface area contributed by atoms with Crippen LogP contribution in [0.1, 0.15) is 12.6 Å². The number of rotatable bonds is 1. The fourth-order valence-corrected chi connectivity index (χ4v) is 0.817. The normalized spacial score (nSPS) is 9.91. The van der Waals surface area contributed by atoms with E-state index in [9.17, 15) is 4.79 Å². The predicted molar refractivity (Wildman–Crippen MR) is 39.8 cm³/mol. The van der Waals surface area contributed by atoms with E-state index in [4.69, 9.17) is 10.2 Å². The first-order valence-corrected chi connectivity index (χ1v) is 3.29. The Morgan fingerprint density at radius 3 is 2.73 bits per heavy atom. The Hall–Kier alpha value is -1.45. The molecule has 0 saturated heterocycles. The summed E-state index contributed by atoms with van der Waals surface area (Å²) in [5.74, 6) is -0.854. The number of aryl methyl sites for hydroxylation is 1. The van der Waals surface area contributed by atoms with Crippen LogP contribution in [-0.2, 0) is 6.42 Å². The minimum Gasteiger partial charge on any atom is -0.503 e. The zero-order valence-electron chi connectivity index (χ0n) is 6.09. The molecule has 0 spiro atoms. The molecule has 4 nitrogen and oxygen atoms in total. The lowest BCUT2D eigenvalue weighted by Crippen LogP contribution is -2.04. The first-order valence-electron chi connectivity index (χ1n) is 3.29. The Kier molecular flexibility index (Phi) is 1.85. The molecule has 0 aromatic carbocycles. The summed E-state index contributed by atoms with van der Waals surface area (Å²) < 4.78 is 0. The molecule has 0 atom stereocenters. The van der Waals surface area contributed by atoms with Crippen LogP contribution >= 0.6 is 0 Å². The number of hydrogen-bond acceptors (Lipinski definition) is 3. The molecule has 3 N–H and O–H groups in total. The Morgan fingerprint density at radius 1 is 1.55 bits per heavy atom. The summed E-state index contributed by atoms with van der Waals surface area (Å²) in [6.07, 6.45) is 1.70. The van der Waals surface area contributed by atoms with E-state index in [1.165, 1.54) is 6.20 Å². The van der Waals surface area contributed by atoms with Gasteiger partial charge in [0, 0.05) is 6.20 Å². The highest BCUT2D eigenvalue weighted by atomic mass is 16.3. The highest BCUT2D eigenvalue weighted by molar-refractivity contribution is 5.32. The monoisotopic (exact) mass is 155 g/mol. The van der Waals surface area contributed by atoms with Crippen molar-refractivity contribution in [1.29, 1.82) is 0 Å². The van der Waals surface area contributed by atoms with Crippen LogP contribution in [0.3, 0.4) is 0 Å². The molecule has 1 aromatic heterocycles. The number of H-pyrrole nitrogens is 1. The summed E-state index contributed by atoms with van der Waals surface area (Å²) in [5.41, 5.74) is -0.284. The molecular formula is C7H9NO3. The van der Waals surface area contributed by atoms with Crippen molar-refractivity contribution in [3.63, 3.8) is 0 Å². The summed E-state index contributed by atoms with van der Waals surface area (Å²) in [6, 6.07) is 0. The van der Waals surface area contributed by atoms with Gasteiger partial charge >= 0.3 is 0 Å². The van der Waals surface area contributed by atoms with Crippen molar-refractivity contribution >= 4 is 0 Å². The highest BCUT2D eigenvalue weighted by Crippen LogP contribution is 2.11. The van der Waals surface area contributed by atoms with E-state index in [2.05, 4.69) is 4.98 Å². The van der Waals surface area contributed by atoms with Gasteiger partial charge in [-0.25, -0.2) is 0 Å². The first kappa shape index (κ1) is 7.65. The SMILES string of the molecule is CCc1[nH]cc(O)c(=O)c1O. The van der Waals surface area contributed by atoms with Gasteiger partial charge in [-0.1, -0.05) is 6.92 Å². The van der Waals surface area contributed by atoms with Crippen LogP contribution in [0.25, 0.3) is 0 Å². The van der Waals surface area contributed by atoms with E-state index in [1.54, 1.807) is 6.92 Å². The Bertz CT molecular complexity index is 316. The van der Waals surface area contributed by atoms with Gasteiger partial charge in [0.05, 0.1) is 5.69 Å². The maximum atomic E-state index is 10.8. The second-order valence-corrected chi connectivity index (χ2v) is 2.18.